The molecule has 0 radical (unpaired) electrons. The Labute approximate surface area is 148 Å². The summed E-state index contributed by atoms with van der Waals surface area (Å²) in [5.74, 6) is 1.76. The highest BCUT2D eigenvalue weighted by atomic mass is 16.5. The van der Waals surface area contributed by atoms with Gasteiger partial charge in [0, 0.05) is 38.9 Å². The maximum atomic E-state index is 5.41. The van der Waals surface area contributed by atoms with Crippen molar-refractivity contribution < 1.29 is 9.47 Å². The van der Waals surface area contributed by atoms with Crippen LogP contribution in [0.4, 0.5) is 5.95 Å². The molecule has 0 spiro atoms. The lowest BCUT2D eigenvalue weighted by molar-refractivity contribution is 0.122. The number of fused-ring (bicyclic) bond motifs is 1. The van der Waals surface area contributed by atoms with Gasteiger partial charge in [0.25, 0.3) is 0 Å². The van der Waals surface area contributed by atoms with Crippen molar-refractivity contribution in [3.8, 4) is 5.75 Å². The molecule has 132 valence electrons. The van der Waals surface area contributed by atoms with E-state index in [1.165, 1.54) is 11.1 Å². The fraction of sp³-hybridized carbons (Fsp3) is 0.474. The second-order valence-corrected chi connectivity index (χ2v) is 6.54. The minimum Gasteiger partial charge on any atom is -0.497 e. The number of methoxy groups -OCH3 is 1. The molecule has 0 atom stereocenters. The van der Waals surface area contributed by atoms with Gasteiger partial charge in [0.1, 0.15) is 5.75 Å². The first-order chi connectivity index (χ1) is 12.3. The number of rotatable bonds is 4. The van der Waals surface area contributed by atoms with Gasteiger partial charge in [-0.25, -0.2) is 9.97 Å². The Kier molecular flexibility index (Phi) is 4.81. The molecule has 2 aliphatic rings. The van der Waals surface area contributed by atoms with Crippen LogP contribution >= 0.6 is 0 Å². The smallest absolute Gasteiger partial charge is 0.225 e. The highest BCUT2D eigenvalue weighted by Gasteiger charge is 2.19. The van der Waals surface area contributed by atoms with Crippen molar-refractivity contribution in [3.63, 3.8) is 0 Å². The topological polar surface area (TPSA) is 50.7 Å². The van der Waals surface area contributed by atoms with Crippen LogP contribution in [-0.2, 0) is 24.2 Å². The van der Waals surface area contributed by atoms with E-state index in [2.05, 4.69) is 26.9 Å². The predicted octanol–water partition coefficient (Wildman–Crippen LogP) is 1.88. The highest BCUT2D eigenvalue weighted by Crippen LogP contribution is 2.24. The third-order valence-corrected chi connectivity index (χ3v) is 4.88. The van der Waals surface area contributed by atoms with Gasteiger partial charge >= 0.3 is 0 Å². The second kappa shape index (κ2) is 7.37. The molecule has 4 rings (SSSR count). The van der Waals surface area contributed by atoms with Crippen LogP contribution in [0, 0.1) is 0 Å². The van der Waals surface area contributed by atoms with Gasteiger partial charge in [-0.3, -0.25) is 4.90 Å². The number of anilines is 1. The lowest BCUT2D eigenvalue weighted by Crippen LogP contribution is -2.37. The molecular formula is C19H24N4O2. The van der Waals surface area contributed by atoms with E-state index in [1.807, 2.05) is 18.3 Å². The lowest BCUT2D eigenvalue weighted by atomic mass is 9.99. The van der Waals surface area contributed by atoms with Gasteiger partial charge in [0.15, 0.2) is 0 Å². The van der Waals surface area contributed by atoms with Crippen molar-refractivity contribution in [2.45, 2.75) is 19.5 Å². The number of ether oxygens (including phenoxy) is 2. The molecule has 0 amide bonds. The molecule has 0 aliphatic carbocycles. The molecule has 1 aromatic heterocycles. The van der Waals surface area contributed by atoms with E-state index in [4.69, 9.17) is 14.5 Å². The van der Waals surface area contributed by atoms with Crippen molar-refractivity contribution >= 4 is 5.95 Å². The molecule has 6 nitrogen and oxygen atoms in total. The van der Waals surface area contributed by atoms with Gasteiger partial charge in [0.2, 0.25) is 5.95 Å². The molecule has 0 unspecified atom stereocenters. The summed E-state index contributed by atoms with van der Waals surface area (Å²) in [6.07, 6.45) is 2.92. The fourth-order valence-corrected chi connectivity index (χ4v) is 3.47. The Bertz CT molecular complexity index is 731. The summed E-state index contributed by atoms with van der Waals surface area (Å²) in [5, 5.41) is 0. The summed E-state index contributed by atoms with van der Waals surface area (Å²) >= 11 is 0. The molecule has 1 aromatic carbocycles. The maximum Gasteiger partial charge on any atom is 0.225 e. The van der Waals surface area contributed by atoms with Crippen molar-refractivity contribution in [1.82, 2.24) is 14.9 Å². The highest BCUT2D eigenvalue weighted by molar-refractivity contribution is 5.37. The van der Waals surface area contributed by atoms with E-state index in [9.17, 15) is 0 Å². The summed E-state index contributed by atoms with van der Waals surface area (Å²) in [4.78, 5) is 13.9. The molecule has 1 fully saturated rings. The maximum absolute atomic E-state index is 5.41. The SMILES string of the molecule is COc1ccc2c(c1)CCN(Cc1ccnc(N3CCOCC3)n1)C2. The molecule has 2 aromatic rings. The Morgan fingerprint density at radius 3 is 2.84 bits per heavy atom. The van der Waals surface area contributed by atoms with Crippen LogP contribution in [0.15, 0.2) is 30.5 Å². The summed E-state index contributed by atoms with van der Waals surface area (Å²) in [7, 11) is 1.72. The van der Waals surface area contributed by atoms with Gasteiger partial charge < -0.3 is 14.4 Å². The van der Waals surface area contributed by atoms with Crippen LogP contribution < -0.4 is 9.64 Å². The van der Waals surface area contributed by atoms with Crippen LogP contribution in [-0.4, -0.2) is 54.8 Å². The van der Waals surface area contributed by atoms with Gasteiger partial charge in [-0.1, -0.05) is 6.07 Å². The van der Waals surface area contributed by atoms with Crippen molar-refractivity contribution in [3.05, 3.63) is 47.3 Å². The molecule has 25 heavy (non-hydrogen) atoms. The van der Waals surface area contributed by atoms with Crippen molar-refractivity contribution in [1.29, 1.82) is 0 Å². The van der Waals surface area contributed by atoms with Crippen LogP contribution in [0.25, 0.3) is 0 Å². The summed E-state index contributed by atoms with van der Waals surface area (Å²) < 4.78 is 10.7. The number of nitrogens with zero attached hydrogens (tertiary/aromatic N) is 4. The van der Waals surface area contributed by atoms with Crippen LogP contribution in [0.3, 0.4) is 0 Å². The van der Waals surface area contributed by atoms with E-state index in [-0.39, 0.29) is 0 Å². The Morgan fingerprint density at radius 2 is 2.00 bits per heavy atom. The van der Waals surface area contributed by atoms with E-state index in [0.29, 0.717) is 0 Å². The van der Waals surface area contributed by atoms with Gasteiger partial charge in [0.05, 0.1) is 26.0 Å². The lowest BCUT2D eigenvalue weighted by Gasteiger charge is -2.29. The zero-order valence-electron chi connectivity index (χ0n) is 14.6. The number of benzene rings is 1. The summed E-state index contributed by atoms with van der Waals surface area (Å²) in [5.41, 5.74) is 3.86. The third-order valence-electron chi connectivity index (χ3n) is 4.88. The Hall–Kier alpha value is -2.18. The molecule has 0 saturated carbocycles. The number of hydrogen-bond donors (Lipinski definition) is 0. The quantitative estimate of drug-likeness (QED) is 0.847. The minimum atomic E-state index is 0.750. The fourth-order valence-electron chi connectivity index (χ4n) is 3.47. The molecule has 6 heteroatoms. The van der Waals surface area contributed by atoms with Crippen LogP contribution in [0.2, 0.25) is 0 Å². The van der Waals surface area contributed by atoms with Gasteiger partial charge in [-0.05, 0) is 35.7 Å². The monoisotopic (exact) mass is 340 g/mol. The first-order valence-electron chi connectivity index (χ1n) is 8.84. The van der Waals surface area contributed by atoms with Crippen LogP contribution in [0.5, 0.6) is 5.75 Å². The summed E-state index contributed by atoms with van der Waals surface area (Å²) in [6.45, 7) is 6.07. The van der Waals surface area contributed by atoms with E-state index in [0.717, 1.165) is 69.8 Å². The zero-order valence-corrected chi connectivity index (χ0v) is 14.6. The zero-order chi connectivity index (χ0) is 17.1. The van der Waals surface area contributed by atoms with Crippen LogP contribution in [0.1, 0.15) is 16.8 Å². The van der Waals surface area contributed by atoms with Crippen molar-refractivity contribution in [2.24, 2.45) is 0 Å². The average molecular weight is 340 g/mol. The molecule has 0 N–H and O–H groups in total. The average Bonchev–Trinajstić information content (AvgIpc) is 2.68. The molecule has 2 aliphatic heterocycles. The van der Waals surface area contributed by atoms with E-state index < -0.39 is 0 Å². The predicted molar refractivity (Wildman–Crippen MR) is 95.9 cm³/mol. The first-order valence-corrected chi connectivity index (χ1v) is 8.84. The Morgan fingerprint density at radius 1 is 1.12 bits per heavy atom. The van der Waals surface area contributed by atoms with Gasteiger partial charge in [-0.2, -0.15) is 0 Å². The Balaban J connectivity index is 1.44. The summed E-state index contributed by atoms with van der Waals surface area (Å²) in [6, 6.07) is 8.41. The third kappa shape index (κ3) is 3.75. The number of morpholine rings is 1. The number of aromatic nitrogens is 2. The molecule has 3 heterocycles. The first kappa shape index (κ1) is 16.3. The van der Waals surface area contributed by atoms with Crippen molar-refractivity contribution in [2.75, 3.05) is 44.9 Å². The standard InChI is InChI=1S/C19H24N4O2/c1-24-18-3-2-16-13-22(7-5-15(16)12-18)14-17-4-6-20-19(21-17)23-8-10-25-11-9-23/h2-4,6,12H,5,7-11,13-14H2,1H3. The molecule has 1 saturated heterocycles. The van der Waals surface area contributed by atoms with E-state index in [1.54, 1.807) is 7.11 Å². The van der Waals surface area contributed by atoms with E-state index >= 15 is 0 Å². The normalized spacial score (nSPS) is 18.0. The second-order valence-electron chi connectivity index (χ2n) is 6.54. The molecule has 0 bridgehead atoms. The minimum absolute atomic E-state index is 0.750. The molecular weight excluding hydrogens is 316 g/mol. The van der Waals surface area contributed by atoms with Gasteiger partial charge in [-0.15, -0.1) is 0 Å². The largest absolute Gasteiger partial charge is 0.497 e. The number of hydrogen-bond acceptors (Lipinski definition) is 6.